The SMILES string of the molecule is CCCN1C(=O)CC(NC(CC)C(C)C)C1=O. The van der Waals surface area contributed by atoms with Gasteiger partial charge in [0.25, 0.3) is 0 Å². The van der Waals surface area contributed by atoms with Crippen molar-refractivity contribution in [3.8, 4) is 0 Å². The van der Waals surface area contributed by atoms with Gasteiger partial charge in [-0.3, -0.25) is 14.5 Å². The lowest BCUT2D eigenvalue weighted by molar-refractivity contribution is -0.138. The van der Waals surface area contributed by atoms with Gasteiger partial charge in [-0.15, -0.1) is 0 Å². The number of nitrogens with one attached hydrogen (secondary N) is 1. The lowest BCUT2D eigenvalue weighted by atomic mass is 10.0. The third-order valence-electron chi connectivity index (χ3n) is 3.35. The fourth-order valence-electron chi connectivity index (χ4n) is 2.31. The minimum Gasteiger partial charge on any atom is -0.302 e. The summed E-state index contributed by atoms with van der Waals surface area (Å²) in [5, 5.41) is 3.32. The molecule has 0 saturated carbocycles. The molecule has 2 atom stereocenters. The summed E-state index contributed by atoms with van der Waals surface area (Å²) in [4.78, 5) is 25.1. The standard InChI is InChI=1S/C13H24N2O2/c1-5-7-15-12(16)8-11(13(15)17)14-10(6-2)9(3)4/h9-11,14H,5-8H2,1-4H3. The van der Waals surface area contributed by atoms with E-state index in [0.29, 0.717) is 24.9 Å². The maximum atomic E-state index is 12.0. The zero-order valence-corrected chi connectivity index (χ0v) is 11.3. The number of carbonyl (C=O) groups is 2. The molecule has 0 aromatic heterocycles. The molecular formula is C13H24N2O2. The van der Waals surface area contributed by atoms with Crippen LogP contribution in [0, 0.1) is 5.92 Å². The second kappa shape index (κ2) is 6.15. The molecule has 17 heavy (non-hydrogen) atoms. The molecule has 1 saturated heterocycles. The van der Waals surface area contributed by atoms with E-state index in [1.807, 2.05) is 6.92 Å². The van der Waals surface area contributed by atoms with Crippen LogP contribution in [0.4, 0.5) is 0 Å². The largest absolute Gasteiger partial charge is 0.302 e. The Labute approximate surface area is 104 Å². The van der Waals surface area contributed by atoms with Crippen LogP contribution in [0.1, 0.15) is 47.0 Å². The molecule has 4 heteroatoms. The molecular weight excluding hydrogens is 216 g/mol. The van der Waals surface area contributed by atoms with Gasteiger partial charge >= 0.3 is 0 Å². The Bertz CT molecular complexity index is 289. The van der Waals surface area contributed by atoms with Crippen LogP contribution in [0.15, 0.2) is 0 Å². The van der Waals surface area contributed by atoms with Gasteiger partial charge in [0, 0.05) is 12.6 Å². The molecule has 1 heterocycles. The Morgan fingerprint density at radius 1 is 1.35 bits per heavy atom. The average Bonchev–Trinajstić information content (AvgIpc) is 2.53. The molecule has 1 aliphatic rings. The summed E-state index contributed by atoms with van der Waals surface area (Å²) in [5.41, 5.74) is 0. The van der Waals surface area contributed by atoms with Gasteiger partial charge in [-0.25, -0.2) is 0 Å². The summed E-state index contributed by atoms with van der Waals surface area (Å²) in [6, 6.07) is -0.000253. The quantitative estimate of drug-likeness (QED) is 0.717. The van der Waals surface area contributed by atoms with E-state index in [-0.39, 0.29) is 17.9 Å². The van der Waals surface area contributed by atoms with Gasteiger partial charge in [0.05, 0.1) is 12.5 Å². The predicted octanol–water partition coefficient (Wildman–Crippen LogP) is 1.55. The van der Waals surface area contributed by atoms with Crippen molar-refractivity contribution in [3.05, 3.63) is 0 Å². The second-order valence-electron chi connectivity index (χ2n) is 5.07. The van der Waals surface area contributed by atoms with Crippen molar-refractivity contribution >= 4 is 11.8 Å². The molecule has 1 aliphatic heterocycles. The Balaban J connectivity index is 2.62. The molecule has 1 fully saturated rings. The Morgan fingerprint density at radius 2 is 2.00 bits per heavy atom. The van der Waals surface area contributed by atoms with Crippen molar-refractivity contribution in [3.63, 3.8) is 0 Å². The van der Waals surface area contributed by atoms with E-state index in [1.54, 1.807) is 0 Å². The second-order valence-corrected chi connectivity index (χ2v) is 5.07. The fourth-order valence-corrected chi connectivity index (χ4v) is 2.31. The van der Waals surface area contributed by atoms with Crippen molar-refractivity contribution in [2.24, 2.45) is 5.92 Å². The third-order valence-corrected chi connectivity index (χ3v) is 3.35. The fraction of sp³-hybridized carbons (Fsp3) is 0.846. The zero-order chi connectivity index (χ0) is 13.0. The molecule has 4 nitrogen and oxygen atoms in total. The highest BCUT2D eigenvalue weighted by atomic mass is 16.2. The molecule has 1 N–H and O–H groups in total. The van der Waals surface area contributed by atoms with Crippen LogP contribution < -0.4 is 5.32 Å². The highest BCUT2D eigenvalue weighted by molar-refractivity contribution is 6.05. The van der Waals surface area contributed by atoms with Crippen molar-refractivity contribution in [1.82, 2.24) is 10.2 Å². The van der Waals surface area contributed by atoms with Crippen LogP contribution in [0.25, 0.3) is 0 Å². The minimum atomic E-state index is -0.304. The lowest BCUT2D eigenvalue weighted by Gasteiger charge is -2.24. The molecule has 98 valence electrons. The maximum absolute atomic E-state index is 12.0. The molecule has 2 amide bonds. The van der Waals surface area contributed by atoms with Crippen molar-refractivity contribution in [2.75, 3.05) is 6.54 Å². The average molecular weight is 240 g/mol. The summed E-state index contributed by atoms with van der Waals surface area (Å²) >= 11 is 0. The van der Waals surface area contributed by atoms with Crippen LogP contribution in [-0.4, -0.2) is 35.3 Å². The van der Waals surface area contributed by atoms with E-state index in [4.69, 9.17) is 0 Å². The summed E-state index contributed by atoms with van der Waals surface area (Å²) in [6.07, 6.45) is 2.12. The number of likely N-dealkylation sites (tertiary alicyclic amines) is 1. The molecule has 0 aliphatic carbocycles. The zero-order valence-electron chi connectivity index (χ0n) is 11.3. The maximum Gasteiger partial charge on any atom is 0.246 e. The molecule has 1 rings (SSSR count). The summed E-state index contributed by atoms with van der Waals surface area (Å²) in [5.74, 6) is 0.395. The van der Waals surface area contributed by atoms with Crippen molar-refractivity contribution in [1.29, 1.82) is 0 Å². The van der Waals surface area contributed by atoms with E-state index in [1.165, 1.54) is 4.90 Å². The Morgan fingerprint density at radius 3 is 2.47 bits per heavy atom. The van der Waals surface area contributed by atoms with E-state index >= 15 is 0 Å². The molecule has 0 aromatic rings. The lowest BCUT2D eigenvalue weighted by Crippen LogP contribution is -2.45. The first-order chi connectivity index (χ1) is 8.01. The summed E-state index contributed by atoms with van der Waals surface area (Å²) in [6.45, 7) is 8.89. The molecule has 0 radical (unpaired) electrons. The normalized spacial score (nSPS) is 22.6. The van der Waals surface area contributed by atoms with E-state index < -0.39 is 0 Å². The van der Waals surface area contributed by atoms with Crippen LogP contribution >= 0.6 is 0 Å². The van der Waals surface area contributed by atoms with Crippen LogP contribution in [0.5, 0.6) is 0 Å². The van der Waals surface area contributed by atoms with Crippen LogP contribution in [0.2, 0.25) is 0 Å². The number of nitrogens with zero attached hydrogens (tertiary/aromatic N) is 1. The van der Waals surface area contributed by atoms with E-state index in [9.17, 15) is 9.59 Å². The van der Waals surface area contributed by atoms with Crippen LogP contribution in [0.3, 0.4) is 0 Å². The summed E-state index contributed by atoms with van der Waals surface area (Å²) < 4.78 is 0. The number of rotatable bonds is 6. The molecule has 0 aromatic carbocycles. The third kappa shape index (κ3) is 3.28. The molecule has 0 spiro atoms. The van der Waals surface area contributed by atoms with Gasteiger partial charge in [-0.2, -0.15) is 0 Å². The number of amides is 2. The molecule has 0 bridgehead atoms. The number of hydrogen-bond acceptors (Lipinski definition) is 3. The van der Waals surface area contributed by atoms with Gasteiger partial charge < -0.3 is 5.32 Å². The topological polar surface area (TPSA) is 49.4 Å². The highest BCUT2D eigenvalue weighted by Gasteiger charge is 2.38. The van der Waals surface area contributed by atoms with Gasteiger partial charge in [0.1, 0.15) is 0 Å². The Kier molecular flexibility index (Phi) is 5.12. The van der Waals surface area contributed by atoms with Gasteiger partial charge in [-0.1, -0.05) is 27.7 Å². The Hall–Kier alpha value is -0.900. The predicted molar refractivity (Wildman–Crippen MR) is 67.5 cm³/mol. The van der Waals surface area contributed by atoms with E-state index in [0.717, 1.165) is 12.8 Å². The number of hydrogen-bond donors (Lipinski definition) is 1. The molecule has 2 unspecified atom stereocenters. The van der Waals surface area contributed by atoms with Crippen molar-refractivity contribution < 1.29 is 9.59 Å². The van der Waals surface area contributed by atoms with Gasteiger partial charge in [0.15, 0.2) is 0 Å². The first kappa shape index (κ1) is 14.2. The van der Waals surface area contributed by atoms with Gasteiger partial charge in [-0.05, 0) is 18.8 Å². The van der Waals surface area contributed by atoms with Crippen molar-refractivity contribution in [2.45, 2.75) is 59.0 Å². The first-order valence-corrected chi connectivity index (χ1v) is 6.61. The number of imide groups is 1. The minimum absolute atomic E-state index is 0.0343. The highest BCUT2D eigenvalue weighted by Crippen LogP contribution is 2.16. The number of carbonyl (C=O) groups excluding carboxylic acids is 2. The van der Waals surface area contributed by atoms with Gasteiger partial charge in [0.2, 0.25) is 11.8 Å². The monoisotopic (exact) mass is 240 g/mol. The summed E-state index contributed by atoms with van der Waals surface area (Å²) in [7, 11) is 0. The smallest absolute Gasteiger partial charge is 0.246 e. The van der Waals surface area contributed by atoms with E-state index in [2.05, 4.69) is 26.1 Å². The first-order valence-electron chi connectivity index (χ1n) is 6.61. The van der Waals surface area contributed by atoms with Crippen LogP contribution in [-0.2, 0) is 9.59 Å².